The lowest BCUT2D eigenvalue weighted by molar-refractivity contribution is -0.0153. The number of anilines is 1. The number of hydrogen-bond donors (Lipinski definition) is 2. The number of amides is 1. The highest BCUT2D eigenvalue weighted by molar-refractivity contribution is 6.01. The predicted octanol–water partition coefficient (Wildman–Crippen LogP) is 4.63. The molecule has 0 bridgehead atoms. The number of ether oxygens (including phenoxy) is 1. The number of nitrogens with zero attached hydrogens (tertiary/aromatic N) is 2. The maximum absolute atomic E-state index is 15.1. The molecular formula is C30H31FN4O3. The van der Waals surface area contributed by atoms with Gasteiger partial charge in [-0.2, -0.15) is 4.39 Å². The Balaban J connectivity index is 1.32. The molecule has 0 saturated carbocycles. The summed E-state index contributed by atoms with van der Waals surface area (Å²) in [6, 6.07) is 12.8. The number of piperidine rings is 1. The van der Waals surface area contributed by atoms with Crippen LogP contribution in [0.3, 0.4) is 0 Å². The van der Waals surface area contributed by atoms with Gasteiger partial charge in [0.05, 0.1) is 12.0 Å². The fourth-order valence-electron chi connectivity index (χ4n) is 5.92. The molecule has 3 aliphatic rings. The molecule has 1 saturated heterocycles. The van der Waals surface area contributed by atoms with E-state index in [0.29, 0.717) is 53.4 Å². The van der Waals surface area contributed by atoms with Crippen LogP contribution in [0.4, 0.5) is 10.2 Å². The maximum atomic E-state index is 15.1. The summed E-state index contributed by atoms with van der Waals surface area (Å²) in [6.07, 6.45) is 2.65. The topological polar surface area (TPSA) is 97.6 Å². The van der Waals surface area contributed by atoms with Crippen molar-refractivity contribution in [3.8, 4) is 28.0 Å². The number of likely N-dealkylation sites (tertiary alicyclic amines) is 1. The quantitative estimate of drug-likeness (QED) is 0.495. The number of benzene rings is 2. The number of aromatic nitrogens is 1. The number of rotatable bonds is 3. The van der Waals surface area contributed by atoms with E-state index in [-0.39, 0.29) is 23.1 Å². The van der Waals surface area contributed by atoms with Crippen molar-refractivity contribution in [3.63, 3.8) is 0 Å². The summed E-state index contributed by atoms with van der Waals surface area (Å²) in [5.74, 6) is -0.163. The first-order chi connectivity index (χ1) is 18.2. The third-order valence-electron chi connectivity index (χ3n) is 8.19. The fourth-order valence-corrected chi connectivity index (χ4v) is 5.92. The highest BCUT2D eigenvalue weighted by atomic mass is 19.1. The van der Waals surface area contributed by atoms with E-state index in [4.69, 9.17) is 10.5 Å². The van der Waals surface area contributed by atoms with Gasteiger partial charge in [-0.1, -0.05) is 18.2 Å². The molecule has 0 aliphatic carbocycles. The van der Waals surface area contributed by atoms with Crippen molar-refractivity contribution in [1.82, 2.24) is 15.2 Å². The van der Waals surface area contributed by atoms with E-state index < -0.39 is 11.5 Å². The van der Waals surface area contributed by atoms with Crippen LogP contribution in [0, 0.1) is 5.95 Å². The van der Waals surface area contributed by atoms with Gasteiger partial charge in [-0.25, -0.2) is 4.98 Å². The van der Waals surface area contributed by atoms with Crippen LogP contribution < -0.4 is 15.8 Å². The number of nitrogens with one attached hydrogen (secondary N) is 1. The summed E-state index contributed by atoms with van der Waals surface area (Å²) in [5, 5.41) is 2.84. The Labute approximate surface area is 221 Å². The molecule has 0 radical (unpaired) electrons. The average Bonchev–Trinajstić information content (AvgIpc) is 2.89. The molecule has 0 unspecified atom stereocenters. The van der Waals surface area contributed by atoms with Gasteiger partial charge >= 0.3 is 0 Å². The first-order valence-corrected chi connectivity index (χ1v) is 13.2. The van der Waals surface area contributed by atoms with Gasteiger partial charge in [0.15, 0.2) is 5.78 Å². The third-order valence-corrected chi connectivity index (χ3v) is 8.19. The summed E-state index contributed by atoms with van der Waals surface area (Å²) in [5.41, 5.74) is 9.82. The van der Waals surface area contributed by atoms with Gasteiger partial charge in [-0.15, -0.1) is 0 Å². The van der Waals surface area contributed by atoms with Gasteiger partial charge in [0, 0.05) is 55.2 Å². The Morgan fingerprint density at radius 3 is 2.50 bits per heavy atom. The van der Waals surface area contributed by atoms with Crippen molar-refractivity contribution in [2.45, 2.75) is 51.2 Å². The van der Waals surface area contributed by atoms with Crippen molar-refractivity contribution < 1.29 is 18.7 Å². The second kappa shape index (κ2) is 9.20. The Morgan fingerprint density at radius 1 is 1.00 bits per heavy atom. The number of carbonyl (C=O) groups excluding carboxylic acids is 2. The van der Waals surface area contributed by atoms with E-state index in [1.807, 2.05) is 6.07 Å². The van der Waals surface area contributed by atoms with Crippen LogP contribution in [-0.4, -0.2) is 52.9 Å². The van der Waals surface area contributed by atoms with Crippen molar-refractivity contribution >= 4 is 17.5 Å². The average molecular weight is 515 g/mol. The van der Waals surface area contributed by atoms with Gasteiger partial charge < -0.3 is 20.7 Å². The van der Waals surface area contributed by atoms with Crippen LogP contribution in [0.15, 0.2) is 42.5 Å². The number of hydrogen-bond acceptors (Lipinski definition) is 6. The third kappa shape index (κ3) is 4.22. The number of nitrogens with two attached hydrogens (primary N) is 1. The molecular weight excluding hydrogens is 483 g/mol. The SMILES string of the molecule is CC(C)N1CCC2(CC1)CC(=O)c1cc(-c3cc(-c4ccc5c(c4)CCNC5=O)c(N)nc3F)ccc1O2. The first kappa shape index (κ1) is 24.6. The molecule has 1 aromatic heterocycles. The summed E-state index contributed by atoms with van der Waals surface area (Å²) < 4.78 is 21.6. The number of ketones is 1. The Kier molecular flexibility index (Phi) is 5.94. The van der Waals surface area contributed by atoms with Crippen molar-refractivity contribution in [2.24, 2.45) is 0 Å². The number of carbonyl (C=O) groups is 2. The van der Waals surface area contributed by atoms with Crippen LogP contribution in [0.2, 0.25) is 0 Å². The largest absolute Gasteiger partial charge is 0.486 e. The van der Waals surface area contributed by atoms with E-state index in [1.165, 1.54) is 0 Å². The summed E-state index contributed by atoms with van der Waals surface area (Å²) in [4.78, 5) is 31.8. The number of halogens is 1. The lowest BCUT2D eigenvalue weighted by atomic mass is 9.81. The minimum Gasteiger partial charge on any atom is -0.486 e. The molecule has 2 aromatic carbocycles. The monoisotopic (exact) mass is 514 g/mol. The molecule has 7 nitrogen and oxygen atoms in total. The first-order valence-electron chi connectivity index (χ1n) is 13.2. The predicted molar refractivity (Wildman–Crippen MR) is 144 cm³/mol. The summed E-state index contributed by atoms with van der Waals surface area (Å²) >= 11 is 0. The lowest BCUT2D eigenvalue weighted by Gasteiger charge is -2.45. The van der Waals surface area contributed by atoms with E-state index in [2.05, 4.69) is 29.0 Å². The highest BCUT2D eigenvalue weighted by Gasteiger charge is 2.43. The molecule has 1 amide bonds. The molecule has 3 aromatic rings. The Hall–Kier alpha value is -3.78. The van der Waals surface area contributed by atoms with Gasteiger partial charge in [-0.3, -0.25) is 9.59 Å². The molecule has 3 N–H and O–H groups in total. The van der Waals surface area contributed by atoms with E-state index >= 15 is 4.39 Å². The molecule has 4 heterocycles. The summed E-state index contributed by atoms with van der Waals surface area (Å²) in [7, 11) is 0. The zero-order valence-corrected chi connectivity index (χ0v) is 21.6. The van der Waals surface area contributed by atoms with Gasteiger partial charge in [0.25, 0.3) is 5.91 Å². The Morgan fingerprint density at radius 2 is 1.74 bits per heavy atom. The number of pyridine rings is 1. The Bertz CT molecular complexity index is 1460. The van der Waals surface area contributed by atoms with Crippen LogP contribution in [-0.2, 0) is 6.42 Å². The standard InChI is InChI=1S/C30H31FN4O3/c1-17(2)35-11-8-30(9-12-35)16-25(36)24-14-19(4-6-26(24)38-30)22-15-23(28(32)34-27(22)31)18-3-5-21-20(13-18)7-10-33-29(21)37/h3-6,13-15,17H,7-12,16H2,1-2H3,(H2,32,34)(H,33,37). The zero-order chi connectivity index (χ0) is 26.6. The van der Waals surface area contributed by atoms with Crippen LogP contribution in [0.25, 0.3) is 22.3 Å². The van der Waals surface area contributed by atoms with Gasteiger partial charge in [-0.05, 0) is 61.2 Å². The summed E-state index contributed by atoms with van der Waals surface area (Å²) in [6.45, 7) is 6.73. The fraction of sp³-hybridized carbons (Fsp3) is 0.367. The second-order valence-corrected chi connectivity index (χ2v) is 10.9. The normalized spacial score (nSPS) is 18.6. The van der Waals surface area contributed by atoms with Gasteiger partial charge in [0.2, 0.25) is 5.95 Å². The molecule has 38 heavy (non-hydrogen) atoms. The maximum Gasteiger partial charge on any atom is 0.251 e. The van der Waals surface area contributed by atoms with Crippen molar-refractivity contribution in [3.05, 3.63) is 65.1 Å². The van der Waals surface area contributed by atoms with Crippen molar-refractivity contribution in [2.75, 3.05) is 25.4 Å². The number of Topliss-reactive ketones (excluding diaryl/α,β-unsaturated/α-hetero) is 1. The minimum absolute atomic E-state index is 0.0168. The highest BCUT2D eigenvalue weighted by Crippen LogP contribution is 2.42. The smallest absolute Gasteiger partial charge is 0.251 e. The van der Waals surface area contributed by atoms with Crippen molar-refractivity contribution in [1.29, 1.82) is 0 Å². The minimum atomic E-state index is -0.703. The number of nitrogen functional groups attached to an aromatic ring is 1. The molecule has 196 valence electrons. The molecule has 8 heteroatoms. The number of fused-ring (bicyclic) bond motifs is 2. The molecule has 6 rings (SSSR count). The second-order valence-electron chi connectivity index (χ2n) is 10.9. The molecule has 1 spiro atoms. The lowest BCUT2D eigenvalue weighted by Crippen LogP contribution is -2.52. The zero-order valence-electron chi connectivity index (χ0n) is 21.6. The van der Waals surface area contributed by atoms with E-state index in [0.717, 1.165) is 37.1 Å². The van der Waals surface area contributed by atoms with Gasteiger partial charge in [0.1, 0.15) is 17.2 Å². The van der Waals surface area contributed by atoms with E-state index in [9.17, 15) is 9.59 Å². The van der Waals surface area contributed by atoms with Crippen LogP contribution in [0.5, 0.6) is 5.75 Å². The van der Waals surface area contributed by atoms with Crippen LogP contribution in [0.1, 0.15) is 59.4 Å². The molecule has 0 atom stereocenters. The molecule has 3 aliphatic heterocycles. The molecule has 1 fully saturated rings. The van der Waals surface area contributed by atoms with Crippen LogP contribution >= 0.6 is 0 Å². The van der Waals surface area contributed by atoms with E-state index in [1.54, 1.807) is 36.4 Å².